The fourth-order valence-corrected chi connectivity index (χ4v) is 4.69. The molecular weight excluding hydrogens is 386 g/mol. The monoisotopic (exact) mass is 408 g/mol. The minimum Gasteiger partial charge on any atom is -0.345 e. The van der Waals surface area contributed by atoms with Crippen LogP contribution in [0.4, 0.5) is 8.78 Å². The van der Waals surface area contributed by atoms with Gasteiger partial charge >= 0.3 is 0 Å². The van der Waals surface area contributed by atoms with E-state index in [0.29, 0.717) is 0 Å². The molecule has 0 heterocycles. The molecule has 0 radical (unpaired) electrons. The van der Waals surface area contributed by atoms with E-state index in [1.807, 2.05) is 0 Å². The maximum absolute atomic E-state index is 13.9. The van der Waals surface area contributed by atoms with Gasteiger partial charge in [0.05, 0.1) is 10.9 Å². The van der Waals surface area contributed by atoms with E-state index in [1.165, 1.54) is 31.2 Å². The van der Waals surface area contributed by atoms with E-state index in [2.05, 4.69) is 10.0 Å². The van der Waals surface area contributed by atoms with Crippen molar-refractivity contribution in [3.05, 3.63) is 65.2 Å². The Morgan fingerprint density at radius 3 is 2.54 bits per heavy atom. The standard InChI is InChI=1S/C20H22F2N2O3S/c1-13(18-12-15(21)9-10-19(18)22)23-20(25)14-5-4-8-17(11-14)28(26,27)24-16-6-2-3-7-16/h4-5,8-13,16,24H,2-3,6-7H2,1H3,(H,23,25). The molecule has 2 N–H and O–H groups in total. The fraction of sp³-hybridized carbons (Fsp3) is 0.350. The molecule has 0 saturated heterocycles. The van der Waals surface area contributed by atoms with Gasteiger partial charge in [-0.2, -0.15) is 0 Å². The number of hydrogen-bond donors (Lipinski definition) is 2. The minimum absolute atomic E-state index is 0.00311. The zero-order chi connectivity index (χ0) is 20.3. The Labute approximate surface area is 163 Å². The Kier molecular flexibility index (Phi) is 6.10. The highest BCUT2D eigenvalue weighted by molar-refractivity contribution is 7.89. The van der Waals surface area contributed by atoms with Crippen LogP contribution < -0.4 is 10.0 Å². The van der Waals surface area contributed by atoms with Crippen molar-refractivity contribution < 1.29 is 22.0 Å². The van der Waals surface area contributed by atoms with Crippen LogP contribution in [0.5, 0.6) is 0 Å². The molecular formula is C20H22F2N2O3S. The summed E-state index contributed by atoms with van der Waals surface area (Å²) in [6.07, 6.45) is 3.58. The van der Waals surface area contributed by atoms with Crippen LogP contribution in [-0.2, 0) is 10.0 Å². The SMILES string of the molecule is CC(NC(=O)c1cccc(S(=O)(=O)NC2CCCC2)c1)c1cc(F)ccc1F. The van der Waals surface area contributed by atoms with E-state index in [4.69, 9.17) is 0 Å². The molecule has 3 rings (SSSR count). The molecule has 1 amide bonds. The molecule has 2 aromatic carbocycles. The molecule has 1 unspecified atom stereocenters. The molecule has 5 nitrogen and oxygen atoms in total. The van der Waals surface area contributed by atoms with Crippen LogP contribution in [0.3, 0.4) is 0 Å². The molecule has 0 spiro atoms. The lowest BCUT2D eigenvalue weighted by Crippen LogP contribution is -2.33. The van der Waals surface area contributed by atoms with E-state index in [9.17, 15) is 22.0 Å². The molecule has 150 valence electrons. The van der Waals surface area contributed by atoms with E-state index in [0.717, 1.165) is 43.9 Å². The van der Waals surface area contributed by atoms with Crippen molar-refractivity contribution in [2.45, 2.75) is 49.6 Å². The smallest absolute Gasteiger partial charge is 0.251 e. The van der Waals surface area contributed by atoms with Gasteiger partial charge in [0.1, 0.15) is 11.6 Å². The van der Waals surface area contributed by atoms with E-state index in [-0.39, 0.29) is 22.1 Å². The van der Waals surface area contributed by atoms with Gasteiger partial charge in [-0.3, -0.25) is 4.79 Å². The lowest BCUT2D eigenvalue weighted by molar-refractivity contribution is 0.0939. The summed E-state index contributed by atoms with van der Waals surface area (Å²) in [4.78, 5) is 12.5. The zero-order valence-electron chi connectivity index (χ0n) is 15.4. The molecule has 1 atom stereocenters. The number of nitrogens with one attached hydrogen (secondary N) is 2. The van der Waals surface area contributed by atoms with Crippen LogP contribution in [0.15, 0.2) is 47.4 Å². The van der Waals surface area contributed by atoms with Crippen LogP contribution in [0, 0.1) is 11.6 Å². The molecule has 2 aromatic rings. The number of carbonyl (C=O) groups excluding carboxylic acids is 1. The third kappa shape index (κ3) is 4.74. The lowest BCUT2D eigenvalue weighted by atomic mass is 10.1. The van der Waals surface area contributed by atoms with E-state index >= 15 is 0 Å². The summed E-state index contributed by atoms with van der Waals surface area (Å²) in [5, 5.41) is 2.57. The maximum atomic E-state index is 13.9. The number of benzene rings is 2. The predicted octanol–water partition coefficient (Wildman–Crippen LogP) is 3.68. The van der Waals surface area contributed by atoms with Crippen LogP contribution in [0.2, 0.25) is 0 Å². The predicted molar refractivity (Wildman–Crippen MR) is 101 cm³/mol. The van der Waals surface area contributed by atoms with Crippen LogP contribution in [-0.4, -0.2) is 20.4 Å². The van der Waals surface area contributed by atoms with Gasteiger partial charge in [-0.1, -0.05) is 18.9 Å². The molecule has 0 aromatic heterocycles. The number of hydrogen-bond acceptors (Lipinski definition) is 3. The fourth-order valence-electron chi connectivity index (χ4n) is 3.34. The molecule has 8 heteroatoms. The molecule has 28 heavy (non-hydrogen) atoms. The normalized spacial score (nSPS) is 16.1. The first kappa shape index (κ1) is 20.4. The number of sulfonamides is 1. The Balaban J connectivity index is 1.75. The van der Waals surface area contributed by atoms with Crippen LogP contribution in [0.25, 0.3) is 0 Å². The number of carbonyl (C=O) groups is 1. The maximum Gasteiger partial charge on any atom is 0.251 e. The second-order valence-corrected chi connectivity index (χ2v) is 8.71. The van der Waals surface area contributed by atoms with Gasteiger partial charge in [-0.15, -0.1) is 0 Å². The van der Waals surface area contributed by atoms with Gasteiger partial charge in [0.2, 0.25) is 10.0 Å². The number of amides is 1. The Morgan fingerprint density at radius 2 is 1.82 bits per heavy atom. The van der Waals surface area contributed by atoms with Crippen molar-refractivity contribution in [2.75, 3.05) is 0 Å². The second kappa shape index (κ2) is 8.36. The average molecular weight is 408 g/mol. The van der Waals surface area contributed by atoms with Gasteiger partial charge in [0.25, 0.3) is 5.91 Å². The number of rotatable bonds is 6. The van der Waals surface area contributed by atoms with Crippen LogP contribution >= 0.6 is 0 Å². The van der Waals surface area contributed by atoms with Crippen molar-refractivity contribution in [3.8, 4) is 0 Å². The third-order valence-corrected chi connectivity index (χ3v) is 6.37. The van der Waals surface area contributed by atoms with Crippen molar-refractivity contribution >= 4 is 15.9 Å². The summed E-state index contributed by atoms with van der Waals surface area (Å²) in [5.74, 6) is -1.82. The van der Waals surface area contributed by atoms with Crippen molar-refractivity contribution in [1.82, 2.24) is 10.0 Å². The van der Waals surface area contributed by atoms with Gasteiger partial charge in [0, 0.05) is 17.2 Å². The van der Waals surface area contributed by atoms with Gasteiger partial charge in [-0.05, 0) is 56.2 Å². The van der Waals surface area contributed by atoms with Crippen molar-refractivity contribution in [2.24, 2.45) is 0 Å². The first-order chi connectivity index (χ1) is 13.3. The van der Waals surface area contributed by atoms with Gasteiger partial charge < -0.3 is 5.32 Å². The quantitative estimate of drug-likeness (QED) is 0.766. The zero-order valence-corrected chi connectivity index (χ0v) is 16.2. The largest absolute Gasteiger partial charge is 0.345 e. The lowest BCUT2D eigenvalue weighted by Gasteiger charge is -2.16. The van der Waals surface area contributed by atoms with Gasteiger partial charge in [-0.25, -0.2) is 21.9 Å². The number of halogens is 2. The summed E-state index contributed by atoms with van der Waals surface area (Å²) < 4.78 is 55.0. The highest BCUT2D eigenvalue weighted by atomic mass is 32.2. The molecule has 0 aliphatic heterocycles. The second-order valence-electron chi connectivity index (χ2n) is 6.99. The summed E-state index contributed by atoms with van der Waals surface area (Å²) in [5.41, 5.74) is 0.137. The van der Waals surface area contributed by atoms with Crippen molar-refractivity contribution in [1.29, 1.82) is 0 Å². The first-order valence-corrected chi connectivity index (χ1v) is 10.6. The summed E-state index contributed by atoms with van der Waals surface area (Å²) >= 11 is 0. The summed E-state index contributed by atoms with van der Waals surface area (Å²) in [6.45, 7) is 1.53. The third-order valence-electron chi connectivity index (χ3n) is 4.86. The Bertz CT molecular complexity index is 973. The summed E-state index contributed by atoms with van der Waals surface area (Å²) in [7, 11) is -3.73. The summed E-state index contributed by atoms with van der Waals surface area (Å²) in [6, 6.07) is 7.79. The Hall–Kier alpha value is -2.32. The topological polar surface area (TPSA) is 75.3 Å². The first-order valence-electron chi connectivity index (χ1n) is 9.14. The average Bonchev–Trinajstić information content (AvgIpc) is 3.16. The highest BCUT2D eigenvalue weighted by Gasteiger charge is 2.24. The van der Waals surface area contributed by atoms with E-state index < -0.39 is 33.6 Å². The highest BCUT2D eigenvalue weighted by Crippen LogP contribution is 2.22. The Morgan fingerprint density at radius 1 is 1.11 bits per heavy atom. The molecule has 1 fully saturated rings. The van der Waals surface area contributed by atoms with Gasteiger partial charge in [0.15, 0.2) is 0 Å². The molecule has 1 aliphatic rings. The van der Waals surface area contributed by atoms with Crippen LogP contribution in [0.1, 0.15) is 54.6 Å². The molecule has 0 bridgehead atoms. The molecule has 1 saturated carbocycles. The minimum atomic E-state index is -3.73. The van der Waals surface area contributed by atoms with E-state index in [1.54, 1.807) is 0 Å². The molecule has 1 aliphatic carbocycles. The van der Waals surface area contributed by atoms with Crippen molar-refractivity contribution in [3.63, 3.8) is 0 Å².